The van der Waals surface area contributed by atoms with Crippen molar-refractivity contribution in [3.63, 3.8) is 0 Å². The minimum atomic E-state index is -0.462. The summed E-state index contributed by atoms with van der Waals surface area (Å²) in [5.41, 5.74) is 0.0986. The number of rotatable bonds is 3. The molecule has 0 atom stereocenters. The number of carbonyl (C=O) groups excluding carboxylic acids is 2. The normalized spacial score (nSPS) is 16.2. The van der Waals surface area contributed by atoms with E-state index in [0.717, 1.165) is 24.9 Å². The summed E-state index contributed by atoms with van der Waals surface area (Å²) in [5, 5.41) is 3.33. The lowest BCUT2D eigenvalue weighted by Crippen LogP contribution is -2.44. The molecule has 1 fully saturated rings. The molecular weight excluding hydrogens is 282 g/mol. The second-order valence-electron chi connectivity index (χ2n) is 6.48. The number of amides is 1. The van der Waals surface area contributed by atoms with E-state index in [0.29, 0.717) is 18.7 Å². The minimum Gasteiger partial charge on any atom is -0.444 e. The Labute approximate surface area is 130 Å². The molecule has 0 spiro atoms. The van der Waals surface area contributed by atoms with Crippen LogP contribution in [-0.4, -0.2) is 47.0 Å². The monoisotopic (exact) mass is 305 g/mol. The molecule has 22 heavy (non-hydrogen) atoms. The average Bonchev–Trinajstić information content (AvgIpc) is 2.47. The van der Waals surface area contributed by atoms with Gasteiger partial charge in [-0.15, -0.1) is 0 Å². The fourth-order valence-electron chi connectivity index (χ4n) is 2.30. The lowest BCUT2D eigenvalue weighted by Gasteiger charge is -2.33. The van der Waals surface area contributed by atoms with Gasteiger partial charge in [-0.2, -0.15) is 0 Å². The molecular formula is C16H23N3O3. The van der Waals surface area contributed by atoms with Crippen molar-refractivity contribution in [1.29, 1.82) is 0 Å². The molecule has 1 amide bonds. The Bertz CT molecular complexity index is 514. The van der Waals surface area contributed by atoms with Crippen molar-refractivity contribution in [3.05, 3.63) is 23.9 Å². The molecule has 1 aliphatic heterocycles. The summed E-state index contributed by atoms with van der Waals surface area (Å²) >= 11 is 0. The van der Waals surface area contributed by atoms with Crippen LogP contribution in [0.2, 0.25) is 0 Å². The number of hydrogen-bond acceptors (Lipinski definition) is 5. The summed E-state index contributed by atoms with van der Waals surface area (Å²) in [4.78, 5) is 28.5. The molecule has 0 radical (unpaired) electrons. The first kappa shape index (κ1) is 16.3. The number of anilines is 1. The van der Waals surface area contributed by atoms with Gasteiger partial charge in [0.25, 0.3) is 0 Å². The van der Waals surface area contributed by atoms with Crippen LogP contribution >= 0.6 is 0 Å². The van der Waals surface area contributed by atoms with Gasteiger partial charge >= 0.3 is 6.09 Å². The first-order valence-electron chi connectivity index (χ1n) is 7.53. The number of hydrogen-bond donors (Lipinski definition) is 1. The Morgan fingerprint density at radius 2 is 2.05 bits per heavy atom. The summed E-state index contributed by atoms with van der Waals surface area (Å²) in [6.45, 7) is 6.94. The molecule has 6 heteroatoms. The van der Waals surface area contributed by atoms with Crippen molar-refractivity contribution in [2.24, 2.45) is 0 Å². The topological polar surface area (TPSA) is 71.5 Å². The van der Waals surface area contributed by atoms with E-state index in [1.165, 1.54) is 0 Å². The summed E-state index contributed by atoms with van der Waals surface area (Å²) in [5.74, 6) is 0.751. The first-order valence-corrected chi connectivity index (χ1v) is 7.53. The summed E-state index contributed by atoms with van der Waals surface area (Å²) in [6.07, 6.45) is 3.76. The van der Waals surface area contributed by atoms with Gasteiger partial charge in [0.1, 0.15) is 11.4 Å². The number of piperidine rings is 1. The molecule has 0 unspecified atom stereocenters. The van der Waals surface area contributed by atoms with Crippen LogP contribution in [-0.2, 0) is 4.74 Å². The van der Waals surface area contributed by atoms with Crippen LogP contribution in [0.5, 0.6) is 0 Å². The van der Waals surface area contributed by atoms with E-state index < -0.39 is 5.60 Å². The molecule has 6 nitrogen and oxygen atoms in total. The maximum Gasteiger partial charge on any atom is 0.410 e. The zero-order valence-corrected chi connectivity index (χ0v) is 13.3. The molecule has 2 rings (SSSR count). The molecule has 0 saturated carbocycles. The van der Waals surface area contributed by atoms with Crippen molar-refractivity contribution >= 4 is 18.2 Å². The fraction of sp³-hybridized carbons (Fsp3) is 0.562. The molecule has 0 aliphatic carbocycles. The molecule has 0 bridgehead atoms. The third kappa shape index (κ3) is 4.72. The van der Waals surface area contributed by atoms with E-state index in [1.807, 2.05) is 20.8 Å². The first-order chi connectivity index (χ1) is 10.4. The zero-order valence-electron chi connectivity index (χ0n) is 13.3. The van der Waals surface area contributed by atoms with Crippen LogP contribution in [0.3, 0.4) is 0 Å². The van der Waals surface area contributed by atoms with Gasteiger partial charge in [0, 0.05) is 30.9 Å². The van der Waals surface area contributed by atoms with E-state index in [4.69, 9.17) is 4.74 Å². The van der Waals surface area contributed by atoms with Crippen molar-refractivity contribution < 1.29 is 14.3 Å². The fourth-order valence-corrected chi connectivity index (χ4v) is 2.30. The van der Waals surface area contributed by atoms with Crippen molar-refractivity contribution in [2.45, 2.75) is 45.3 Å². The Kier molecular flexibility index (Phi) is 5.00. The highest BCUT2D eigenvalue weighted by molar-refractivity contribution is 5.74. The van der Waals surface area contributed by atoms with E-state index in [1.54, 1.807) is 23.2 Å². The van der Waals surface area contributed by atoms with Gasteiger partial charge < -0.3 is 15.0 Å². The minimum absolute atomic E-state index is 0.251. The zero-order chi connectivity index (χ0) is 16.2. The van der Waals surface area contributed by atoms with Crippen LogP contribution in [0.15, 0.2) is 18.3 Å². The predicted octanol–water partition coefficient (Wildman–Crippen LogP) is 2.71. The highest BCUT2D eigenvalue weighted by atomic mass is 16.6. The standard InChI is InChI=1S/C16H23N3O3/c1-16(2,3)22-15(21)19-8-6-13(7-9-19)18-14-5-4-12(11-20)10-17-14/h4-5,10-11,13H,6-9H2,1-3H3,(H,17,18). The molecule has 120 valence electrons. The van der Waals surface area contributed by atoms with Gasteiger partial charge in [-0.1, -0.05) is 0 Å². The number of ether oxygens (including phenoxy) is 1. The smallest absolute Gasteiger partial charge is 0.410 e. The molecule has 1 N–H and O–H groups in total. The third-order valence-corrected chi connectivity index (χ3v) is 3.42. The summed E-state index contributed by atoms with van der Waals surface area (Å²) in [7, 11) is 0. The van der Waals surface area contributed by atoms with Crippen molar-refractivity contribution in [2.75, 3.05) is 18.4 Å². The van der Waals surface area contributed by atoms with Crippen LogP contribution in [0.25, 0.3) is 0 Å². The average molecular weight is 305 g/mol. The largest absolute Gasteiger partial charge is 0.444 e. The number of likely N-dealkylation sites (tertiary alicyclic amines) is 1. The quantitative estimate of drug-likeness (QED) is 0.869. The molecule has 0 aromatic carbocycles. The van der Waals surface area contributed by atoms with Gasteiger partial charge in [0.15, 0.2) is 6.29 Å². The third-order valence-electron chi connectivity index (χ3n) is 3.42. The number of nitrogens with zero attached hydrogens (tertiary/aromatic N) is 2. The Morgan fingerprint density at radius 3 is 2.55 bits per heavy atom. The van der Waals surface area contributed by atoms with Crippen LogP contribution in [0.4, 0.5) is 10.6 Å². The van der Waals surface area contributed by atoms with Crippen LogP contribution in [0.1, 0.15) is 44.0 Å². The predicted molar refractivity (Wildman–Crippen MR) is 84.1 cm³/mol. The van der Waals surface area contributed by atoms with Gasteiger partial charge in [-0.05, 0) is 45.7 Å². The molecule has 1 aromatic heterocycles. The highest BCUT2D eigenvalue weighted by Crippen LogP contribution is 2.18. The van der Waals surface area contributed by atoms with Gasteiger partial charge in [0.05, 0.1) is 0 Å². The number of aromatic nitrogens is 1. The molecule has 2 heterocycles. The maximum atomic E-state index is 12.0. The van der Waals surface area contributed by atoms with Crippen molar-refractivity contribution in [3.8, 4) is 0 Å². The summed E-state index contributed by atoms with van der Waals surface area (Å²) in [6, 6.07) is 3.80. The number of nitrogens with one attached hydrogen (secondary N) is 1. The lowest BCUT2D eigenvalue weighted by atomic mass is 10.1. The van der Waals surface area contributed by atoms with E-state index in [9.17, 15) is 9.59 Å². The van der Waals surface area contributed by atoms with Gasteiger partial charge in [0.2, 0.25) is 0 Å². The maximum absolute atomic E-state index is 12.0. The lowest BCUT2D eigenvalue weighted by molar-refractivity contribution is 0.0210. The van der Waals surface area contributed by atoms with Gasteiger partial charge in [-0.3, -0.25) is 4.79 Å². The van der Waals surface area contributed by atoms with Crippen LogP contribution in [0, 0.1) is 0 Å². The van der Waals surface area contributed by atoms with E-state index in [-0.39, 0.29) is 12.1 Å². The van der Waals surface area contributed by atoms with Gasteiger partial charge in [-0.25, -0.2) is 9.78 Å². The van der Waals surface area contributed by atoms with E-state index >= 15 is 0 Å². The highest BCUT2D eigenvalue weighted by Gasteiger charge is 2.26. The molecule has 1 aromatic rings. The number of carbonyl (C=O) groups is 2. The van der Waals surface area contributed by atoms with E-state index in [2.05, 4.69) is 10.3 Å². The van der Waals surface area contributed by atoms with Crippen molar-refractivity contribution in [1.82, 2.24) is 9.88 Å². The van der Waals surface area contributed by atoms with Crippen LogP contribution < -0.4 is 5.32 Å². The number of pyridine rings is 1. The summed E-state index contributed by atoms with van der Waals surface area (Å²) < 4.78 is 5.38. The SMILES string of the molecule is CC(C)(C)OC(=O)N1CCC(Nc2ccc(C=O)cn2)CC1. The molecule has 1 aliphatic rings. The Morgan fingerprint density at radius 1 is 1.36 bits per heavy atom. The molecule has 1 saturated heterocycles. The Hall–Kier alpha value is -2.11. The number of aldehydes is 1. The second kappa shape index (κ2) is 6.77. The Balaban J connectivity index is 1.81. The second-order valence-corrected chi connectivity index (χ2v) is 6.48.